The van der Waals surface area contributed by atoms with E-state index in [1.807, 2.05) is 25.1 Å². The Bertz CT molecular complexity index is 765. The molecule has 0 bridgehead atoms. The summed E-state index contributed by atoms with van der Waals surface area (Å²) in [5.74, 6) is 2.11. The van der Waals surface area contributed by atoms with E-state index < -0.39 is 0 Å². The van der Waals surface area contributed by atoms with Crippen LogP contribution in [0, 0.1) is 0 Å². The summed E-state index contributed by atoms with van der Waals surface area (Å²) >= 11 is 0. The number of methoxy groups -OCH3 is 3. The first-order chi connectivity index (χ1) is 12.1. The smallest absolute Gasteiger partial charge is 0.189 e. The standard InChI is InChI=1S/C20H22O5/c1-5-25-19-8-6-7-14(20(19)24-4)9-11-17(21)16-13-15(22-2)10-12-18(16)23-3/h6-13H,5H2,1-4H3/b11-9+. The third-order valence-corrected chi connectivity index (χ3v) is 3.60. The molecule has 0 aliphatic carbocycles. The molecular formula is C20H22O5. The second kappa shape index (κ2) is 8.78. The molecule has 0 heterocycles. The molecule has 0 amide bonds. The van der Waals surface area contributed by atoms with Gasteiger partial charge < -0.3 is 18.9 Å². The van der Waals surface area contributed by atoms with Crippen molar-refractivity contribution in [3.8, 4) is 23.0 Å². The first-order valence-electron chi connectivity index (χ1n) is 7.88. The van der Waals surface area contributed by atoms with Gasteiger partial charge in [-0.15, -0.1) is 0 Å². The Kier molecular flexibility index (Phi) is 6.46. The fourth-order valence-electron chi connectivity index (χ4n) is 2.41. The molecule has 0 saturated heterocycles. The molecular weight excluding hydrogens is 320 g/mol. The lowest BCUT2D eigenvalue weighted by molar-refractivity contribution is 0.104. The summed E-state index contributed by atoms with van der Waals surface area (Å²) in [4.78, 5) is 12.6. The topological polar surface area (TPSA) is 54.0 Å². The normalized spacial score (nSPS) is 10.6. The molecule has 132 valence electrons. The highest BCUT2D eigenvalue weighted by molar-refractivity contribution is 6.09. The van der Waals surface area contributed by atoms with Crippen LogP contribution >= 0.6 is 0 Å². The zero-order valence-corrected chi connectivity index (χ0v) is 14.9. The van der Waals surface area contributed by atoms with Crippen molar-refractivity contribution in [3.63, 3.8) is 0 Å². The molecule has 0 radical (unpaired) electrons. The van der Waals surface area contributed by atoms with Crippen molar-refractivity contribution in [2.45, 2.75) is 6.92 Å². The fraction of sp³-hybridized carbons (Fsp3) is 0.250. The number of rotatable bonds is 8. The molecule has 5 nitrogen and oxygen atoms in total. The summed E-state index contributed by atoms with van der Waals surface area (Å²) in [5, 5.41) is 0. The van der Waals surface area contributed by atoms with Crippen LogP contribution in [-0.2, 0) is 0 Å². The molecule has 0 aromatic heterocycles. The molecule has 0 N–H and O–H groups in total. The summed E-state index contributed by atoms with van der Waals surface area (Å²) in [6.45, 7) is 2.43. The molecule has 2 aromatic carbocycles. The molecule has 0 fully saturated rings. The molecule has 2 aromatic rings. The largest absolute Gasteiger partial charge is 0.497 e. The minimum absolute atomic E-state index is 0.195. The van der Waals surface area contributed by atoms with Crippen molar-refractivity contribution < 1.29 is 23.7 Å². The number of hydrogen-bond donors (Lipinski definition) is 0. The Morgan fingerprint density at radius 2 is 1.80 bits per heavy atom. The minimum Gasteiger partial charge on any atom is -0.497 e. The number of para-hydroxylation sites is 1. The molecule has 0 spiro atoms. The summed E-state index contributed by atoms with van der Waals surface area (Å²) in [5.41, 5.74) is 1.18. The van der Waals surface area contributed by atoms with Gasteiger partial charge in [-0.05, 0) is 43.3 Å². The average molecular weight is 342 g/mol. The second-order valence-corrected chi connectivity index (χ2v) is 5.08. The summed E-state index contributed by atoms with van der Waals surface area (Å²) in [6.07, 6.45) is 3.17. The average Bonchev–Trinajstić information content (AvgIpc) is 2.65. The van der Waals surface area contributed by atoms with Crippen molar-refractivity contribution in [3.05, 3.63) is 53.6 Å². The molecule has 5 heteroatoms. The van der Waals surface area contributed by atoms with Gasteiger partial charge in [0.25, 0.3) is 0 Å². The summed E-state index contributed by atoms with van der Waals surface area (Å²) in [7, 11) is 4.65. The lowest BCUT2D eigenvalue weighted by atomic mass is 10.1. The maximum absolute atomic E-state index is 12.6. The number of hydrogen-bond acceptors (Lipinski definition) is 5. The maximum Gasteiger partial charge on any atom is 0.189 e. The van der Waals surface area contributed by atoms with E-state index in [2.05, 4.69) is 0 Å². The lowest BCUT2D eigenvalue weighted by Crippen LogP contribution is -2.00. The van der Waals surface area contributed by atoms with E-state index in [4.69, 9.17) is 18.9 Å². The molecule has 0 saturated carbocycles. The Morgan fingerprint density at radius 3 is 2.44 bits per heavy atom. The Labute approximate surface area is 147 Å². The minimum atomic E-state index is -0.195. The maximum atomic E-state index is 12.6. The van der Waals surface area contributed by atoms with Gasteiger partial charge in [0, 0.05) is 5.56 Å². The number of ketones is 1. The highest BCUT2D eigenvalue weighted by Crippen LogP contribution is 2.32. The van der Waals surface area contributed by atoms with E-state index in [0.29, 0.717) is 35.2 Å². The van der Waals surface area contributed by atoms with E-state index in [-0.39, 0.29) is 5.78 Å². The third-order valence-electron chi connectivity index (χ3n) is 3.60. The van der Waals surface area contributed by atoms with E-state index >= 15 is 0 Å². The number of carbonyl (C=O) groups excluding carboxylic acids is 1. The zero-order chi connectivity index (χ0) is 18.2. The first kappa shape index (κ1) is 18.4. The quantitative estimate of drug-likeness (QED) is 0.536. The van der Waals surface area contributed by atoms with Crippen LogP contribution in [0.3, 0.4) is 0 Å². The predicted octanol–water partition coefficient (Wildman–Crippen LogP) is 4.01. The van der Waals surface area contributed by atoms with E-state index in [0.717, 1.165) is 5.56 Å². The van der Waals surface area contributed by atoms with E-state index in [1.54, 1.807) is 38.5 Å². The Balaban J connectivity index is 2.34. The van der Waals surface area contributed by atoms with Crippen LogP contribution in [0.1, 0.15) is 22.8 Å². The van der Waals surface area contributed by atoms with Crippen molar-refractivity contribution >= 4 is 11.9 Å². The third kappa shape index (κ3) is 4.32. The number of ether oxygens (including phenoxy) is 4. The van der Waals surface area contributed by atoms with Crippen LogP contribution in [0.25, 0.3) is 6.08 Å². The van der Waals surface area contributed by atoms with Crippen molar-refractivity contribution in [1.29, 1.82) is 0 Å². The zero-order valence-electron chi connectivity index (χ0n) is 14.9. The fourth-order valence-corrected chi connectivity index (χ4v) is 2.41. The van der Waals surface area contributed by atoms with Gasteiger partial charge in [-0.25, -0.2) is 0 Å². The van der Waals surface area contributed by atoms with Crippen LogP contribution < -0.4 is 18.9 Å². The van der Waals surface area contributed by atoms with Crippen LogP contribution in [0.4, 0.5) is 0 Å². The Morgan fingerprint density at radius 1 is 1.00 bits per heavy atom. The number of allylic oxidation sites excluding steroid dienone is 1. The lowest BCUT2D eigenvalue weighted by Gasteiger charge is -2.11. The van der Waals surface area contributed by atoms with Gasteiger partial charge in [-0.2, -0.15) is 0 Å². The first-order valence-corrected chi connectivity index (χ1v) is 7.88. The van der Waals surface area contributed by atoms with Gasteiger partial charge in [0.05, 0.1) is 33.5 Å². The molecule has 25 heavy (non-hydrogen) atoms. The van der Waals surface area contributed by atoms with Gasteiger partial charge >= 0.3 is 0 Å². The summed E-state index contributed by atoms with van der Waals surface area (Å²) < 4.78 is 21.4. The van der Waals surface area contributed by atoms with Gasteiger partial charge in [0.15, 0.2) is 17.3 Å². The van der Waals surface area contributed by atoms with E-state index in [9.17, 15) is 4.79 Å². The van der Waals surface area contributed by atoms with Gasteiger partial charge in [0.2, 0.25) is 0 Å². The van der Waals surface area contributed by atoms with E-state index in [1.165, 1.54) is 13.2 Å². The van der Waals surface area contributed by atoms with Gasteiger partial charge in [-0.3, -0.25) is 4.79 Å². The molecule has 0 aliphatic rings. The number of carbonyl (C=O) groups is 1. The molecule has 0 aliphatic heterocycles. The van der Waals surface area contributed by atoms with Crippen molar-refractivity contribution in [2.24, 2.45) is 0 Å². The predicted molar refractivity (Wildman–Crippen MR) is 97.1 cm³/mol. The Hall–Kier alpha value is -2.95. The SMILES string of the molecule is CCOc1cccc(/C=C/C(=O)c2cc(OC)ccc2OC)c1OC. The van der Waals surface area contributed by atoms with Crippen LogP contribution in [0.15, 0.2) is 42.5 Å². The highest BCUT2D eigenvalue weighted by Gasteiger charge is 2.12. The van der Waals surface area contributed by atoms with Crippen molar-refractivity contribution in [2.75, 3.05) is 27.9 Å². The molecule has 0 unspecified atom stereocenters. The number of benzene rings is 2. The van der Waals surface area contributed by atoms with Crippen LogP contribution in [0.2, 0.25) is 0 Å². The van der Waals surface area contributed by atoms with Crippen LogP contribution in [-0.4, -0.2) is 33.7 Å². The molecule has 0 atom stereocenters. The second-order valence-electron chi connectivity index (χ2n) is 5.08. The van der Waals surface area contributed by atoms with Crippen LogP contribution in [0.5, 0.6) is 23.0 Å². The molecule has 2 rings (SSSR count). The van der Waals surface area contributed by atoms with Crippen molar-refractivity contribution in [1.82, 2.24) is 0 Å². The monoisotopic (exact) mass is 342 g/mol. The van der Waals surface area contributed by atoms with Gasteiger partial charge in [0.1, 0.15) is 11.5 Å². The summed E-state index contributed by atoms with van der Waals surface area (Å²) in [6, 6.07) is 10.6. The van der Waals surface area contributed by atoms with Gasteiger partial charge in [-0.1, -0.05) is 12.1 Å². The highest BCUT2D eigenvalue weighted by atomic mass is 16.5.